The lowest BCUT2D eigenvalue weighted by atomic mass is 9.90. The van der Waals surface area contributed by atoms with Crippen LogP contribution >= 0.6 is 0 Å². The van der Waals surface area contributed by atoms with E-state index in [1.165, 1.54) is 19.1 Å². The molecule has 0 saturated heterocycles. The van der Waals surface area contributed by atoms with Crippen molar-refractivity contribution in [2.75, 3.05) is 6.61 Å². The third-order valence-electron chi connectivity index (χ3n) is 6.27. The first kappa shape index (κ1) is 19.4. The molecule has 0 aliphatic heterocycles. The molecule has 6 nitrogen and oxygen atoms in total. The van der Waals surface area contributed by atoms with Gasteiger partial charge >= 0.3 is 5.97 Å². The van der Waals surface area contributed by atoms with Gasteiger partial charge in [0.25, 0.3) is 0 Å². The van der Waals surface area contributed by atoms with E-state index in [1.54, 1.807) is 31.2 Å². The first-order valence-electron chi connectivity index (χ1n) is 10.2. The third-order valence-corrected chi connectivity index (χ3v) is 6.27. The minimum absolute atomic E-state index is 0.00423. The van der Waals surface area contributed by atoms with Gasteiger partial charge in [0, 0.05) is 11.5 Å². The topological polar surface area (TPSA) is 80.9 Å². The Morgan fingerprint density at radius 1 is 1.31 bits per heavy atom. The molecule has 29 heavy (non-hydrogen) atoms. The minimum Gasteiger partial charge on any atom is -0.462 e. The van der Waals surface area contributed by atoms with E-state index in [-0.39, 0.29) is 23.2 Å². The molecule has 2 aromatic rings. The molecule has 2 aliphatic rings. The number of carbonyl (C=O) groups is 2. The number of esters is 1. The lowest BCUT2D eigenvalue weighted by molar-refractivity contribution is -0.123. The Hall–Kier alpha value is -2.89. The molecule has 0 spiro atoms. The van der Waals surface area contributed by atoms with Gasteiger partial charge in [-0.15, -0.1) is 0 Å². The number of ether oxygens (including phenoxy) is 1. The van der Waals surface area contributed by atoms with E-state index in [4.69, 9.17) is 9.15 Å². The Bertz CT molecular complexity index is 948. The second kappa shape index (κ2) is 7.85. The number of rotatable bonds is 6. The maximum absolute atomic E-state index is 12.4. The normalized spacial score (nSPS) is 25.4. The van der Waals surface area contributed by atoms with Gasteiger partial charge in [0.05, 0.1) is 18.4 Å². The molecule has 2 aliphatic carbocycles. The number of carbonyl (C=O) groups excluding carboxylic acids is 2. The fourth-order valence-electron chi connectivity index (χ4n) is 4.67. The zero-order chi connectivity index (χ0) is 20.4. The van der Waals surface area contributed by atoms with Crippen molar-refractivity contribution >= 4 is 18.1 Å². The van der Waals surface area contributed by atoms with Crippen LogP contribution in [0.25, 0.3) is 11.3 Å². The van der Waals surface area contributed by atoms with E-state index >= 15 is 0 Å². The zero-order valence-electron chi connectivity index (χ0n) is 16.8. The molecule has 2 fully saturated rings. The number of hydrazone groups is 1. The van der Waals surface area contributed by atoms with Crippen molar-refractivity contribution < 1.29 is 18.7 Å². The summed E-state index contributed by atoms with van der Waals surface area (Å²) in [4.78, 5) is 24.3. The van der Waals surface area contributed by atoms with Gasteiger partial charge in [-0.2, -0.15) is 5.10 Å². The van der Waals surface area contributed by atoms with Gasteiger partial charge in [0.1, 0.15) is 11.5 Å². The highest BCUT2D eigenvalue weighted by Crippen LogP contribution is 2.66. The number of furan rings is 1. The predicted molar refractivity (Wildman–Crippen MR) is 109 cm³/mol. The Morgan fingerprint density at radius 3 is 2.93 bits per heavy atom. The van der Waals surface area contributed by atoms with Crippen molar-refractivity contribution in [1.82, 2.24) is 5.43 Å². The van der Waals surface area contributed by atoms with Crippen molar-refractivity contribution in [3.8, 4) is 11.3 Å². The summed E-state index contributed by atoms with van der Waals surface area (Å²) in [6.07, 6.45) is 6.22. The van der Waals surface area contributed by atoms with Gasteiger partial charge in [-0.25, -0.2) is 10.2 Å². The first-order chi connectivity index (χ1) is 14.0. The molecule has 2 saturated carbocycles. The molecule has 152 valence electrons. The number of nitrogens with one attached hydrogen (secondary N) is 1. The van der Waals surface area contributed by atoms with E-state index in [9.17, 15) is 9.59 Å². The third kappa shape index (κ3) is 3.84. The Balaban J connectivity index is 1.38. The molecule has 1 heterocycles. The van der Waals surface area contributed by atoms with E-state index in [0.29, 0.717) is 29.6 Å². The maximum atomic E-state index is 12.4. The Labute approximate surface area is 170 Å². The van der Waals surface area contributed by atoms with E-state index in [1.807, 2.05) is 12.1 Å². The zero-order valence-corrected chi connectivity index (χ0v) is 16.8. The molecule has 0 unspecified atom stereocenters. The van der Waals surface area contributed by atoms with E-state index in [0.717, 1.165) is 18.4 Å². The average molecular weight is 394 g/mol. The largest absolute Gasteiger partial charge is 0.462 e. The molecule has 6 heteroatoms. The van der Waals surface area contributed by atoms with E-state index < -0.39 is 0 Å². The van der Waals surface area contributed by atoms with Crippen molar-refractivity contribution in [1.29, 1.82) is 0 Å². The summed E-state index contributed by atoms with van der Waals surface area (Å²) >= 11 is 0. The highest BCUT2D eigenvalue weighted by atomic mass is 16.5. The van der Waals surface area contributed by atoms with Gasteiger partial charge in [0.2, 0.25) is 5.91 Å². The average Bonchev–Trinajstić information content (AvgIpc) is 3.09. The second-order valence-corrected chi connectivity index (χ2v) is 8.07. The minimum atomic E-state index is -0.361. The summed E-state index contributed by atoms with van der Waals surface area (Å²) in [5, 5.41) is 4.08. The van der Waals surface area contributed by atoms with E-state index in [2.05, 4.69) is 17.5 Å². The van der Waals surface area contributed by atoms with Gasteiger partial charge in [0.15, 0.2) is 0 Å². The van der Waals surface area contributed by atoms with Crippen LogP contribution in [0.4, 0.5) is 0 Å². The van der Waals surface area contributed by atoms with Crippen molar-refractivity contribution in [2.45, 2.75) is 39.5 Å². The van der Waals surface area contributed by atoms with Crippen molar-refractivity contribution in [2.24, 2.45) is 22.4 Å². The predicted octanol–water partition coefficient (Wildman–Crippen LogP) is 4.40. The molecule has 0 bridgehead atoms. The van der Waals surface area contributed by atoms with Crippen molar-refractivity contribution in [3.63, 3.8) is 0 Å². The van der Waals surface area contributed by atoms with Crippen LogP contribution in [-0.4, -0.2) is 24.7 Å². The van der Waals surface area contributed by atoms with Crippen LogP contribution in [0.3, 0.4) is 0 Å². The van der Waals surface area contributed by atoms with Gasteiger partial charge < -0.3 is 9.15 Å². The molecule has 1 aromatic carbocycles. The first-order valence-corrected chi connectivity index (χ1v) is 10.2. The Morgan fingerprint density at radius 2 is 2.17 bits per heavy atom. The molecule has 3 atom stereocenters. The van der Waals surface area contributed by atoms with Gasteiger partial charge in [-0.05, 0) is 55.4 Å². The highest BCUT2D eigenvalue weighted by Gasteiger charge is 2.64. The highest BCUT2D eigenvalue weighted by molar-refractivity contribution is 5.91. The number of benzene rings is 1. The summed E-state index contributed by atoms with van der Waals surface area (Å²) in [7, 11) is 0. The molecule has 0 radical (unpaired) electrons. The summed E-state index contributed by atoms with van der Waals surface area (Å²) in [6, 6.07) is 10.7. The van der Waals surface area contributed by atoms with Crippen LogP contribution in [0.2, 0.25) is 0 Å². The summed E-state index contributed by atoms with van der Waals surface area (Å²) in [5.41, 5.74) is 4.08. The summed E-state index contributed by atoms with van der Waals surface area (Å²) in [5.74, 6) is 1.38. The SMILES string of the molecule is CCOC(=O)c1cccc(-c2ccc(/C=N\NC(=O)[C@@H]3[C@H]4CCCC[C@@]43C)o2)c1. The molecular formula is C23H26N2O4. The molecule has 4 rings (SSSR count). The number of fused-ring (bicyclic) bond motifs is 1. The molecular weight excluding hydrogens is 368 g/mol. The van der Waals surface area contributed by atoms with Gasteiger partial charge in [-0.1, -0.05) is 31.9 Å². The number of hydrogen-bond acceptors (Lipinski definition) is 5. The smallest absolute Gasteiger partial charge is 0.338 e. The van der Waals surface area contributed by atoms with Crippen LogP contribution < -0.4 is 5.43 Å². The maximum Gasteiger partial charge on any atom is 0.338 e. The number of nitrogens with zero attached hydrogens (tertiary/aromatic N) is 1. The number of amides is 1. The standard InChI is InChI=1S/C23H26N2O4/c1-3-28-22(27)16-8-6-7-15(13-16)19-11-10-17(29-19)14-24-25-21(26)20-18-9-4-5-12-23(18,20)2/h6-8,10-11,13-14,18,20H,3-5,9,12H2,1-2H3,(H,25,26)/b24-14-/t18-,20+,23+/m1/s1. The van der Waals surface area contributed by atoms with Crippen LogP contribution in [-0.2, 0) is 9.53 Å². The van der Waals surface area contributed by atoms with Crippen molar-refractivity contribution in [3.05, 3.63) is 47.7 Å². The quantitative estimate of drug-likeness (QED) is 0.447. The summed E-state index contributed by atoms with van der Waals surface area (Å²) < 4.78 is 10.8. The van der Waals surface area contributed by atoms with Crippen LogP contribution in [0, 0.1) is 17.3 Å². The molecule has 1 aromatic heterocycles. The number of hydrogen-bond donors (Lipinski definition) is 1. The fraction of sp³-hybridized carbons (Fsp3) is 0.435. The Kier molecular flexibility index (Phi) is 5.26. The van der Waals surface area contributed by atoms with Crippen LogP contribution in [0.15, 0.2) is 45.9 Å². The fourth-order valence-corrected chi connectivity index (χ4v) is 4.67. The monoisotopic (exact) mass is 394 g/mol. The lowest BCUT2D eigenvalue weighted by Crippen LogP contribution is -2.22. The summed E-state index contributed by atoms with van der Waals surface area (Å²) in [6.45, 7) is 4.32. The second-order valence-electron chi connectivity index (χ2n) is 8.07. The lowest BCUT2D eigenvalue weighted by Gasteiger charge is -2.15. The van der Waals surface area contributed by atoms with Gasteiger partial charge in [-0.3, -0.25) is 4.79 Å². The van der Waals surface area contributed by atoms with Crippen LogP contribution in [0.5, 0.6) is 0 Å². The van der Waals surface area contributed by atoms with Crippen LogP contribution in [0.1, 0.15) is 55.6 Å². The molecule has 1 N–H and O–H groups in total. The molecule has 1 amide bonds.